The molecule has 8 nitrogen and oxygen atoms in total. The first-order valence-electron chi connectivity index (χ1n) is 12.2. The number of carbonyl (C=O) groups is 2. The normalized spacial score (nSPS) is 14.3. The smallest absolute Gasteiger partial charge is 0.412 e. The summed E-state index contributed by atoms with van der Waals surface area (Å²) in [5, 5.41) is 24.8. The maximum Gasteiger partial charge on any atom is 0.412 e. The van der Waals surface area contributed by atoms with Crippen molar-refractivity contribution in [2.24, 2.45) is 0 Å². The lowest BCUT2D eigenvalue weighted by Gasteiger charge is -2.15. The maximum absolute atomic E-state index is 12.7. The first kappa shape index (κ1) is 27.6. The molecular weight excluding hydrogens is 575 g/mol. The topological polar surface area (TPSA) is 119 Å². The van der Waals surface area contributed by atoms with Crippen molar-refractivity contribution < 1.29 is 24.4 Å². The Morgan fingerprint density at radius 3 is 2.35 bits per heavy atom. The summed E-state index contributed by atoms with van der Waals surface area (Å²) in [7, 11) is 0. The molecule has 1 aliphatic carbocycles. The van der Waals surface area contributed by atoms with Crippen LogP contribution in [-0.4, -0.2) is 22.1 Å². The molecule has 1 unspecified atom stereocenters. The minimum atomic E-state index is -0.864. The Balaban J connectivity index is 1.40. The molecule has 1 heterocycles. The van der Waals surface area contributed by atoms with Crippen LogP contribution in [0.1, 0.15) is 37.0 Å². The lowest BCUT2D eigenvalue weighted by atomic mass is 9.93. The van der Waals surface area contributed by atoms with E-state index in [1.807, 2.05) is 0 Å². The number of carbonyl (C=O) groups excluding carboxylic acids is 1. The van der Waals surface area contributed by atoms with Gasteiger partial charge in [-0.2, -0.15) is 0 Å². The van der Waals surface area contributed by atoms with Crippen LogP contribution in [0, 0.1) is 10.1 Å². The molecule has 2 N–H and O–H groups in total. The Bertz CT molecular complexity index is 1630. The van der Waals surface area contributed by atoms with Gasteiger partial charge in [-0.1, -0.05) is 71.7 Å². The molecule has 1 aliphatic rings. The standard InChI is InChI=1S/C29H22Cl2N2O6S/c1-16(20-4-2-3-5-22(20)30)39-28(36)32-23-15-25(31)40-26(23)18-8-11-21(24(14-18)33(37)38)17-6-9-19(10-7-17)29(12-13-29)27(34)35/h2-11,14-16H,12-13H2,1H3,(H,32,36)(H,34,35). The zero-order valence-corrected chi connectivity index (χ0v) is 23.3. The maximum atomic E-state index is 12.7. The summed E-state index contributed by atoms with van der Waals surface area (Å²) in [5.41, 5.74) is 2.13. The Hall–Kier alpha value is -3.92. The largest absolute Gasteiger partial charge is 0.481 e. The number of nitro benzene ring substituents is 1. The van der Waals surface area contributed by atoms with Gasteiger partial charge in [-0.15, -0.1) is 11.3 Å². The lowest BCUT2D eigenvalue weighted by molar-refractivity contribution is -0.384. The lowest BCUT2D eigenvalue weighted by Crippen LogP contribution is -2.19. The number of nitro groups is 1. The number of amides is 1. The van der Waals surface area contributed by atoms with Gasteiger partial charge in [-0.3, -0.25) is 20.2 Å². The van der Waals surface area contributed by atoms with Crippen molar-refractivity contribution in [3.05, 3.63) is 103 Å². The van der Waals surface area contributed by atoms with E-state index in [0.29, 0.717) is 60.6 Å². The molecule has 0 saturated heterocycles. The first-order chi connectivity index (χ1) is 19.1. The summed E-state index contributed by atoms with van der Waals surface area (Å²) in [5.74, 6) is -0.864. The number of ether oxygens (including phenoxy) is 1. The minimum Gasteiger partial charge on any atom is -0.481 e. The monoisotopic (exact) mass is 596 g/mol. The highest BCUT2D eigenvalue weighted by molar-refractivity contribution is 7.20. The Morgan fingerprint density at radius 2 is 1.73 bits per heavy atom. The van der Waals surface area contributed by atoms with Gasteiger partial charge in [0.05, 0.1) is 30.8 Å². The predicted molar refractivity (Wildman–Crippen MR) is 155 cm³/mol. The van der Waals surface area contributed by atoms with E-state index in [-0.39, 0.29) is 5.69 Å². The quantitative estimate of drug-likeness (QED) is 0.155. The summed E-state index contributed by atoms with van der Waals surface area (Å²) in [6.07, 6.45) is -0.210. The second kappa shape index (κ2) is 10.9. The van der Waals surface area contributed by atoms with Gasteiger partial charge in [0.25, 0.3) is 5.69 Å². The second-order valence-corrected chi connectivity index (χ2v) is 11.5. The van der Waals surface area contributed by atoms with Gasteiger partial charge in [0.1, 0.15) is 6.10 Å². The molecule has 1 saturated carbocycles. The number of aliphatic carboxylic acids is 1. The molecular formula is C29H22Cl2N2O6S. The van der Waals surface area contributed by atoms with E-state index in [4.69, 9.17) is 27.9 Å². The van der Waals surface area contributed by atoms with E-state index in [0.717, 1.165) is 11.3 Å². The molecule has 0 aliphatic heterocycles. The van der Waals surface area contributed by atoms with Crippen molar-refractivity contribution in [3.8, 4) is 21.6 Å². The molecule has 1 amide bonds. The molecule has 204 valence electrons. The molecule has 3 aromatic carbocycles. The number of hydrogen-bond donors (Lipinski definition) is 2. The zero-order chi connectivity index (χ0) is 28.6. The summed E-state index contributed by atoms with van der Waals surface area (Å²) >= 11 is 13.6. The van der Waals surface area contributed by atoms with Crippen LogP contribution >= 0.6 is 34.5 Å². The van der Waals surface area contributed by atoms with Gasteiger partial charge in [0.2, 0.25) is 0 Å². The fraction of sp³-hybridized carbons (Fsp3) is 0.172. The predicted octanol–water partition coefficient (Wildman–Crippen LogP) is 8.72. The van der Waals surface area contributed by atoms with Crippen LogP contribution in [0.3, 0.4) is 0 Å². The summed E-state index contributed by atoms with van der Waals surface area (Å²) in [6, 6.07) is 20.2. The first-order valence-corrected chi connectivity index (χ1v) is 13.8. The van der Waals surface area contributed by atoms with Crippen molar-refractivity contribution >= 4 is 58.0 Å². The molecule has 1 atom stereocenters. The molecule has 4 aromatic rings. The highest BCUT2D eigenvalue weighted by Crippen LogP contribution is 2.49. The van der Waals surface area contributed by atoms with Crippen LogP contribution in [0.5, 0.6) is 0 Å². The third-order valence-corrected chi connectivity index (χ3v) is 8.59. The second-order valence-electron chi connectivity index (χ2n) is 9.44. The number of rotatable bonds is 8. The number of thiophene rings is 1. The van der Waals surface area contributed by atoms with Crippen molar-refractivity contribution in [1.29, 1.82) is 0 Å². The van der Waals surface area contributed by atoms with E-state index in [1.54, 1.807) is 73.7 Å². The minimum absolute atomic E-state index is 0.144. The van der Waals surface area contributed by atoms with Crippen molar-refractivity contribution in [2.75, 3.05) is 5.32 Å². The number of halogens is 2. The molecule has 1 aromatic heterocycles. The van der Waals surface area contributed by atoms with Gasteiger partial charge in [0, 0.05) is 22.2 Å². The van der Waals surface area contributed by atoms with Gasteiger partial charge >= 0.3 is 12.1 Å². The van der Waals surface area contributed by atoms with E-state index in [2.05, 4.69) is 5.32 Å². The Labute approximate surface area is 243 Å². The van der Waals surface area contributed by atoms with E-state index < -0.39 is 28.5 Å². The number of benzene rings is 3. The van der Waals surface area contributed by atoms with Crippen LogP contribution < -0.4 is 5.32 Å². The van der Waals surface area contributed by atoms with Gasteiger partial charge < -0.3 is 9.84 Å². The van der Waals surface area contributed by atoms with Crippen LogP contribution in [-0.2, 0) is 14.9 Å². The molecule has 40 heavy (non-hydrogen) atoms. The highest BCUT2D eigenvalue weighted by Gasteiger charge is 2.51. The molecule has 0 radical (unpaired) electrons. The number of carboxylic acid groups (broad SMARTS) is 1. The summed E-state index contributed by atoms with van der Waals surface area (Å²) < 4.78 is 5.87. The summed E-state index contributed by atoms with van der Waals surface area (Å²) in [4.78, 5) is 36.4. The Morgan fingerprint density at radius 1 is 1.05 bits per heavy atom. The number of anilines is 1. The fourth-order valence-corrected chi connectivity index (χ4v) is 6.09. The Kier molecular flexibility index (Phi) is 7.55. The SMILES string of the molecule is CC(OC(=O)Nc1cc(Cl)sc1-c1ccc(-c2ccc(C3(C(=O)O)CC3)cc2)c([N+](=O)[O-])c1)c1ccccc1Cl. The number of nitrogens with one attached hydrogen (secondary N) is 1. The van der Waals surface area contributed by atoms with Crippen molar-refractivity contribution in [1.82, 2.24) is 0 Å². The average Bonchev–Trinajstić information content (AvgIpc) is 3.66. The van der Waals surface area contributed by atoms with Crippen LogP contribution in [0.15, 0.2) is 72.8 Å². The van der Waals surface area contributed by atoms with E-state index in [1.165, 1.54) is 6.07 Å². The van der Waals surface area contributed by atoms with Crippen molar-refractivity contribution in [3.63, 3.8) is 0 Å². The zero-order valence-electron chi connectivity index (χ0n) is 21.0. The van der Waals surface area contributed by atoms with E-state index >= 15 is 0 Å². The van der Waals surface area contributed by atoms with Gasteiger partial charge in [-0.05, 0) is 49.1 Å². The number of hydrogen-bond acceptors (Lipinski definition) is 6. The highest BCUT2D eigenvalue weighted by atomic mass is 35.5. The third-order valence-electron chi connectivity index (χ3n) is 6.93. The van der Waals surface area contributed by atoms with Gasteiger partial charge in [0.15, 0.2) is 0 Å². The fourth-order valence-electron chi connectivity index (χ4n) is 4.62. The van der Waals surface area contributed by atoms with Gasteiger partial charge in [-0.25, -0.2) is 4.79 Å². The van der Waals surface area contributed by atoms with Crippen LogP contribution in [0.4, 0.5) is 16.2 Å². The molecule has 0 spiro atoms. The summed E-state index contributed by atoms with van der Waals surface area (Å²) in [6.45, 7) is 1.70. The van der Waals surface area contributed by atoms with Crippen LogP contribution in [0.2, 0.25) is 9.36 Å². The third kappa shape index (κ3) is 5.40. The molecule has 0 bridgehead atoms. The number of nitrogens with zero attached hydrogens (tertiary/aromatic N) is 1. The molecule has 11 heteroatoms. The molecule has 5 rings (SSSR count). The van der Waals surface area contributed by atoms with E-state index in [9.17, 15) is 24.8 Å². The number of carboxylic acids is 1. The van der Waals surface area contributed by atoms with Crippen LogP contribution in [0.25, 0.3) is 21.6 Å². The van der Waals surface area contributed by atoms with Crippen molar-refractivity contribution in [2.45, 2.75) is 31.3 Å². The average molecular weight is 597 g/mol. The molecule has 1 fully saturated rings.